The molecule has 0 fully saturated rings. The highest BCUT2D eigenvalue weighted by atomic mass is 16.4. The lowest BCUT2D eigenvalue weighted by molar-refractivity contribution is 0.0698. The van der Waals surface area contributed by atoms with Gasteiger partial charge in [-0.3, -0.25) is 0 Å². The van der Waals surface area contributed by atoms with Gasteiger partial charge >= 0.3 is 5.97 Å². The van der Waals surface area contributed by atoms with Crippen molar-refractivity contribution < 1.29 is 9.90 Å². The fraction of sp³-hybridized carbons (Fsp3) is 0. The summed E-state index contributed by atoms with van der Waals surface area (Å²) in [5.74, 6) is -0.999. The van der Waals surface area contributed by atoms with Gasteiger partial charge in [0, 0.05) is 12.3 Å². The molecule has 0 amide bonds. The summed E-state index contributed by atoms with van der Waals surface area (Å²) in [7, 11) is 0. The van der Waals surface area contributed by atoms with Gasteiger partial charge in [0.05, 0.1) is 22.8 Å². The lowest BCUT2D eigenvalue weighted by atomic mass is 10.2. The van der Waals surface area contributed by atoms with Crippen molar-refractivity contribution in [3.63, 3.8) is 0 Å². The lowest BCUT2D eigenvalue weighted by Gasteiger charge is -1.96. The maximum Gasteiger partial charge on any atom is 0.337 e. The van der Waals surface area contributed by atoms with Crippen molar-refractivity contribution in [2.75, 3.05) is 0 Å². The van der Waals surface area contributed by atoms with E-state index in [1.54, 1.807) is 18.3 Å². The molecule has 5 nitrogen and oxygen atoms in total. The van der Waals surface area contributed by atoms with E-state index in [4.69, 9.17) is 10.4 Å². The number of hydrogen-bond acceptors (Lipinski definition) is 3. The van der Waals surface area contributed by atoms with Gasteiger partial charge in [-0.05, 0) is 24.3 Å². The Morgan fingerprint density at radius 1 is 1.62 bits per heavy atom. The monoisotopic (exact) mass is 213 g/mol. The average molecular weight is 213 g/mol. The Bertz CT molecular complexity index is 620. The second-order valence-corrected chi connectivity index (χ2v) is 3.09. The van der Waals surface area contributed by atoms with E-state index in [-0.39, 0.29) is 5.56 Å². The highest BCUT2D eigenvalue weighted by molar-refractivity contribution is 5.95. The topological polar surface area (TPSA) is 78.4 Å². The minimum absolute atomic E-state index is 0.187. The van der Waals surface area contributed by atoms with E-state index >= 15 is 0 Å². The van der Waals surface area contributed by atoms with Gasteiger partial charge in [-0.15, -0.1) is 0 Å². The summed E-state index contributed by atoms with van der Waals surface area (Å²) in [4.78, 5) is 10.9. The summed E-state index contributed by atoms with van der Waals surface area (Å²) in [5.41, 5.74) is 1.24. The summed E-state index contributed by atoms with van der Waals surface area (Å²) in [6.45, 7) is 0. The van der Waals surface area contributed by atoms with E-state index in [0.29, 0.717) is 11.2 Å². The second-order valence-electron chi connectivity index (χ2n) is 3.09. The minimum atomic E-state index is -0.999. The molecule has 0 atom stereocenters. The van der Waals surface area contributed by atoms with Crippen LogP contribution in [0.3, 0.4) is 0 Å². The normalized spacial score (nSPS) is 10.7. The van der Waals surface area contributed by atoms with Crippen LogP contribution < -0.4 is 0 Å². The number of carboxylic acids is 1. The Morgan fingerprint density at radius 2 is 2.44 bits per heavy atom. The molecule has 2 heterocycles. The SMILES string of the molecule is N#CC=Cc1cc2c(C(=O)O)cccn2n1. The number of aromatic nitrogens is 2. The Balaban J connectivity index is 2.62. The van der Waals surface area contributed by atoms with Crippen molar-refractivity contribution in [2.45, 2.75) is 0 Å². The summed E-state index contributed by atoms with van der Waals surface area (Å²) in [6, 6.07) is 6.60. The molecule has 78 valence electrons. The van der Waals surface area contributed by atoms with E-state index in [0.717, 1.165) is 0 Å². The van der Waals surface area contributed by atoms with Gasteiger partial charge < -0.3 is 5.11 Å². The molecule has 0 radical (unpaired) electrons. The van der Waals surface area contributed by atoms with E-state index in [9.17, 15) is 4.79 Å². The van der Waals surface area contributed by atoms with Crippen molar-refractivity contribution in [1.82, 2.24) is 9.61 Å². The first-order valence-electron chi connectivity index (χ1n) is 4.50. The maximum absolute atomic E-state index is 10.9. The van der Waals surface area contributed by atoms with Gasteiger partial charge in [0.25, 0.3) is 0 Å². The fourth-order valence-corrected chi connectivity index (χ4v) is 1.42. The van der Waals surface area contributed by atoms with Crippen LogP contribution in [-0.2, 0) is 0 Å². The Labute approximate surface area is 90.9 Å². The van der Waals surface area contributed by atoms with Crippen molar-refractivity contribution in [2.24, 2.45) is 0 Å². The summed E-state index contributed by atoms with van der Waals surface area (Å²) < 4.78 is 1.47. The van der Waals surface area contributed by atoms with Crippen LogP contribution in [0.1, 0.15) is 16.1 Å². The highest BCUT2D eigenvalue weighted by Crippen LogP contribution is 2.13. The molecule has 2 rings (SSSR count). The maximum atomic E-state index is 10.9. The van der Waals surface area contributed by atoms with Gasteiger partial charge in [0.1, 0.15) is 0 Å². The first-order valence-corrected chi connectivity index (χ1v) is 4.50. The van der Waals surface area contributed by atoms with Gasteiger partial charge in [-0.25, -0.2) is 9.31 Å². The zero-order valence-corrected chi connectivity index (χ0v) is 8.16. The van der Waals surface area contributed by atoms with Gasteiger partial charge in [-0.2, -0.15) is 10.4 Å². The summed E-state index contributed by atoms with van der Waals surface area (Å²) in [6.07, 6.45) is 4.48. The first kappa shape index (κ1) is 9.93. The molecule has 0 aliphatic heterocycles. The predicted molar refractivity (Wildman–Crippen MR) is 56.8 cm³/mol. The number of hydrogen-bond donors (Lipinski definition) is 1. The van der Waals surface area contributed by atoms with Crippen LogP contribution in [0.2, 0.25) is 0 Å². The Hall–Kier alpha value is -2.61. The molecule has 0 saturated carbocycles. The zero-order valence-electron chi connectivity index (χ0n) is 8.16. The van der Waals surface area contributed by atoms with Crippen molar-refractivity contribution >= 4 is 17.6 Å². The number of pyridine rings is 1. The largest absolute Gasteiger partial charge is 0.478 e. The third-order valence-corrected chi connectivity index (χ3v) is 2.08. The number of nitriles is 1. The summed E-state index contributed by atoms with van der Waals surface area (Å²) >= 11 is 0. The molecule has 0 saturated heterocycles. The second kappa shape index (κ2) is 3.87. The highest BCUT2D eigenvalue weighted by Gasteiger charge is 2.09. The lowest BCUT2D eigenvalue weighted by Crippen LogP contribution is -1.99. The van der Waals surface area contributed by atoms with Crippen LogP contribution in [0.4, 0.5) is 0 Å². The molecule has 16 heavy (non-hydrogen) atoms. The molecule has 5 heteroatoms. The molecular weight excluding hydrogens is 206 g/mol. The molecule has 0 aliphatic rings. The van der Waals surface area contributed by atoms with E-state index in [2.05, 4.69) is 5.10 Å². The van der Waals surface area contributed by atoms with E-state index in [1.807, 2.05) is 6.07 Å². The van der Waals surface area contributed by atoms with Crippen molar-refractivity contribution in [1.29, 1.82) is 5.26 Å². The van der Waals surface area contributed by atoms with Gasteiger partial charge in [0.2, 0.25) is 0 Å². The number of aromatic carboxylic acids is 1. The first-order chi connectivity index (χ1) is 7.72. The van der Waals surface area contributed by atoms with E-state index in [1.165, 1.54) is 22.7 Å². The molecule has 0 aromatic carbocycles. The smallest absolute Gasteiger partial charge is 0.337 e. The van der Waals surface area contributed by atoms with Crippen LogP contribution in [0.5, 0.6) is 0 Å². The predicted octanol–water partition coefficient (Wildman–Crippen LogP) is 1.57. The van der Waals surface area contributed by atoms with Crippen LogP contribution in [0.15, 0.2) is 30.5 Å². The number of carbonyl (C=O) groups is 1. The Morgan fingerprint density at radius 3 is 3.12 bits per heavy atom. The summed E-state index contributed by atoms with van der Waals surface area (Å²) in [5, 5.41) is 21.4. The number of allylic oxidation sites excluding steroid dienone is 1. The fourth-order valence-electron chi connectivity index (χ4n) is 1.42. The molecule has 0 unspecified atom stereocenters. The minimum Gasteiger partial charge on any atom is -0.478 e. The van der Waals surface area contributed by atoms with Crippen LogP contribution in [0.25, 0.3) is 11.6 Å². The molecule has 0 aliphatic carbocycles. The third kappa shape index (κ3) is 1.64. The average Bonchev–Trinajstić information content (AvgIpc) is 2.68. The van der Waals surface area contributed by atoms with Gasteiger partial charge in [-0.1, -0.05) is 0 Å². The van der Waals surface area contributed by atoms with Crippen LogP contribution in [-0.4, -0.2) is 20.7 Å². The van der Waals surface area contributed by atoms with Crippen molar-refractivity contribution in [3.05, 3.63) is 41.7 Å². The van der Waals surface area contributed by atoms with Crippen LogP contribution in [0, 0.1) is 11.3 Å². The van der Waals surface area contributed by atoms with Crippen LogP contribution >= 0.6 is 0 Å². The third-order valence-electron chi connectivity index (χ3n) is 2.08. The molecule has 2 aromatic heterocycles. The number of fused-ring (bicyclic) bond motifs is 1. The van der Waals surface area contributed by atoms with E-state index < -0.39 is 5.97 Å². The van der Waals surface area contributed by atoms with Gasteiger partial charge in [0.15, 0.2) is 0 Å². The standard InChI is InChI=1S/C11H7N3O2/c12-5-1-3-8-7-10-9(11(15)16)4-2-6-14(10)13-8/h1-4,6-7H,(H,15,16). The molecule has 2 aromatic rings. The van der Waals surface area contributed by atoms with Crippen molar-refractivity contribution in [3.8, 4) is 6.07 Å². The molecule has 1 N–H and O–H groups in total. The Kier molecular flexibility index (Phi) is 2.40. The zero-order chi connectivity index (χ0) is 11.5. The molecular formula is C11H7N3O2. The number of carboxylic acid groups (broad SMARTS) is 1. The molecule has 0 spiro atoms. The molecule has 0 bridgehead atoms. The number of nitrogens with zero attached hydrogens (tertiary/aromatic N) is 3. The number of rotatable bonds is 2. The quantitative estimate of drug-likeness (QED) is 0.768.